The summed E-state index contributed by atoms with van der Waals surface area (Å²) in [5.74, 6) is -0.00155. The van der Waals surface area contributed by atoms with E-state index in [9.17, 15) is 4.79 Å². The molecule has 1 aliphatic rings. The molecule has 17 heavy (non-hydrogen) atoms. The Morgan fingerprint density at radius 1 is 1.59 bits per heavy atom. The molecule has 2 heterocycles. The zero-order valence-electron chi connectivity index (χ0n) is 9.98. The maximum absolute atomic E-state index is 12.4. The van der Waals surface area contributed by atoms with Crippen molar-refractivity contribution in [3.05, 3.63) is 28.5 Å². The Hall–Kier alpha value is -0.940. The van der Waals surface area contributed by atoms with E-state index in [1.807, 2.05) is 24.0 Å². The first-order chi connectivity index (χ1) is 8.09. The lowest BCUT2D eigenvalue weighted by atomic mass is 10.1. The van der Waals surface area contributed by atoms with Gasteiger partial charge in [0.25, 0.3) is 5.91 Å². The van der Waals surface area contributed by atoms with Crippen LogP contribution in [0.25, 0.3) is 0 Å². The molecular weight excluding hydrogens is 282 g/mol. The number of hydrogen-bond acceptors (Lipinski definition) is 3. The highest BCUT2D eigenvalue weighted by Gasteiger charge is 2.28. The van der Waals surface area contributed by atoms with Crippen LogP contribution >= 0.6 is 15.9 Å². The van der Waals surface area contributed by atoms with Gasteiger partial charge in [-0.25, -0.2) is 4.98 Å². The number of pyridine rings is 1. The first kappa shape index (κ1) is 12.5. The monoisotopic (exact) mass is 297 g/mol. The number of rotatable bonds is 1. The third-order valence-corrected chi connectivity index (χ3v) is 3.63. The van der Waals surface area contributed by atoms with E-state index >= 15 is 0 Å². The quantitative estimate of drug-likeness (QED) is 0.858. The molecule has 1 saturated heterocycles. The molecule has 1 N–H and O–H groups in total. The molecule has 1 aromatic rings. The van der Waals surface area contributed by atoms with Crippen LogP contribution in [0.1, 0.15) is 24.3 Å². The molecule has 5 heteroatoms. The largest absolute Gasteiger partial charge is 0.332 e. The number of piperazine rings is 1. The zero-order valence-corrected chi connectivity index (χ0v) is 11.6. The van der Waals surface area contributed by atoms with Crippen molar-refractivity contribution < 1.29 is 4.79 Å². The highest BCUT2D eigenvalue weighted by atomic mass is 79.9. The van der Waals surface area contributed by atoms with Crippen molar-refractivity contribution in [2.24, 2.45) is 0 Å². The van der Waals surface area contributed by atoms with Gasteiger partial charge >= 0.3 is 0 Å². The summed E-state index contributed by atoms with van der Waals surface area (Å²) in [6, 6.07) is 4.19. The number of aromatic nitrogens is 1. The molecule has 0 bridgehead atoms. The molecule has 92 valence electrons. The van der Waals surface area contributed by atoms with E-state index in [1.54, 1.807) is 6.20 Å². The number of carbonyl (C=O) groups is 1. The molecule has 2 atom stereocenters. The van der Waals surface area contributed by atoms with E-state index in [0.29, 0.717) is 11.7 Å². The molecule has 4 nitrogen and oxygen atoms in total. The van der Waals surface area contributed by atoms with Crippen LogP contribution in [0.5, 0.6) is 0 Å². The van der Waals surface area contributed by atoms with Crippen LogP contribution in [0.15, 0.2) is 22.8 Å². The molecule has 1 fully saturated rings. The van der Waals surface area contributed by atoms with Crippen molar-refractivity contribution in [1.29, 1.82) is 0 Å². The van der Waals surface area contributed by atoms with Crippen LogP contribution in [0.2, 0.25) is 0 Å². The van der Waals surface area contributed by atoms with Gasteiger partial charge in [0.1, 0.15) is 5.69 Å². The summed E-state index contributed by atoms with van der Waals surface area (Å²) >= 11 is 3.37. The van der Waals surface area contributed by atoms with Crippen LogP contribution in [-0.4, -0.2) is 41.0 Å². The molecule has 0 saturated carbocycles. The van der Waals surface area contributed by atoms with Gasteiger partial charge in [0.2, 0.25) is 0 Å². The fraction of sp³-hybridized carbons (Fsp3) is 0.500. The van der Waals surface area contributed by atoms with Crippen LogP contribution in [0, 0.1) is 0 Å². The Balaban J connectivity index is 2.22. The van der Waals surface area contributed by atoms with E-state index in [2.05, 4.69) is 33.2 Å². The third kappa shape index (κ3) is 2.66. The first-order valence-electron chi connectivity index (χ1n) is 5.74. The first-order valence-corrected chi connectivity index (χ1v) is 6.53. The van der Waals surface area contributed by atoms with Gasteiger partial charge in [-0.1, -0.05) is 0 Å². The smallest absolute Gasteiger partial charge is 0.273 e. The fourth-order valence-corrected chi connectivity index (χ4v) is 2.41. The second kappa shape index (κ2) is 5.14. The van der Waals surface area contributed by atoms with Crippen molar-refractivity contribution in [3.63, 3.8) is 0 Å². The summed E-state index contributed by atoms with van der Waals surface area (Å²) in [6.07, 6.45) is 1.65. The predicted octanol–water partition coefficient (Wildman–Crippen LogP) is 1.67. The van der Waals surface area contributed by atoms with Crippen LogP contribution < -0.4 is 5.32 Å². The predicted molar refractivity (Wildman–Crippen MR) is 69.9 cm³/mol. The molecule has 1 amide bonds. The van der Waals surface area contributed by atoms with Gasteiger partial charge < -0.3 is 10.2 Å². The molecule has 2 rings (SSSR count). The second-order valence-electron chi connectivity index (χ2n) is 4.45. The maximum atomic E-state index is 12.4. The third-order valence-electron chi connectivity index (χ3n) is 2.99. The highest BCUT2D eigenvalue weighted by molar-refractivity contribution is 9.10. The minimum absolute atomic E-state index is 0.00155. The number of halogens is 1. The van der Waals surface area contributed by atoms with Crippen LogP contribution in [-0.2, 0) is 0 Å². The Bertz CT molecular complexity index is 424. The zero-order chi connectivity index (χ0) is 12.4. The average molecular weight is 298 g/mol. The van der Waals surface area contributed by atoms with Gasteiger partial charge in [-0.2, -0.15) is 0 Å². The van der Waals surface area contributed by atoms with Crippen molar-refractivity contribution in [1.82, 2.24) is 15.2 Å². The minimum atomic E-state index is -0.00155. The van der Waals surface area contributed by atoms with Gasteiger partial charge in [-0.15, -0.1) is 0 Å². The second-order valence-corrected chi connectivity index (χ2v) is 5.30. The normalized spacial score (nSPS) is 24.8. The van der Waals surface area contributed by atoms with Crippen LogP contribution in [0.3, 0.4) is 0 Å². The Morgan fingerprint density at radius 3 is 3.06 bits per heavy atom. The number of carbonyl (C=O) groups excluding carboxylic acids is 1. The molecule has 0 aliphatic carbocycles. The summed E-state index contributed by atoms with van der Waals surface area (Å²) in [6.45, 7) is 5.69. The Labute approximate surface area is 110 Å². The topological polar surface area (TPSA) is 45.2 Å². The lowest BCUT2D eigenvalue weighted by Crippen LogP contribution is -2.56. The SMILES string of the molecule is CC1CN(C(=O)c2ncccc2Br)C(C)CN1. The van der Waals surface area contributed by atoms with E-state index in [-0.39, 0.29) is 11.9 Å². The number of nitrogens with one attached hydrogen (secondary N) is 1. The van der Waals surface area contributed by atoms with Gasteiger partial charge in [-0.05, 0) is 41.9 Å². The summed E-state index contributed by atoms with van der Waals surface area (Å²) in [5.41, 5.74) is 0.494. The van der Waals surface area contributed by atoms with Crippen LogP contribution in [0.4, 0.5) is 0 Å². The highest BCUT2D eigenvalue weighted by Crippen LogP contribution is 2.18. The van der Waals surface area contributed by atoms with E-state index in [4.69, 9.17) is 0 Å². The van der Waals surface area contributed by atoms with Gasteiger partial charge in [-0.3, -0.25) is 4.79 Å². The van der Waals surface area contributed by atoms with E-state index in [1.165, 1.54) is 0 Å². The molecule has 2 unspecified atom stereocenters. The summed E-state index contributed by atoms with van der Waals surface area (Å²) in [7, 11) is 0. The maximum Gasteiger partial charge on any atom is 0.273 e. The molecular formula is C12H16BrN3O. The van der Waals surface area contributed by atoms with Gasteiger partial charge in [0, 0.05) is 35.8 Å². The van der Waals surface area contributed by atoms with Gasteiger partial charge in [0.05, 0.1) is 0 Å². The Morgan fingerprint density at radius 2 is 2.35 bits per heavy atom. The molecule has 1 aliphatic heterocycles. The van der Waals surface area contributed by atoms with E-state index < -0.39 is 0 Å². The van der Waals surface area contributed by atoms with E-state index in [0.717, 1.165) is 17.6 Å². The molecule has 1 aromatic heterocycles. The number of hydrogen-bond donors (Lipinski definition) is 1. The van der Waals surface area contributed by atoms with Crippen molar-refractivity contribution in [2.45, 2.75) is 25.9 Å². The molecule has 0 aromatic carbocycles. The minimum Gasteiger partial charge on any atom is -0.332 e. The Kier molecular flexibility index (Phi) is 3.79. The molecule has 0 spiro atoms. The standard InChI is InChI=1S/C12H16BrN3O/c1-8-7-16(9(2)6-15-8)12(17)11-10(13)4-3-5-14-11/h3-5,8-9,15H,6-7H2,1-2H3. The van der Waals surface area contributed by atoms with Crippen molar-refractivity contribution in [2.75, 3.05) is 13.1 Å². The van der Waals surface area contributed by atoms with Crippen molar-refractivity contribution >= 4 is 21.8 Å². The lowest BCUT2D eigenvalue weighted by molar-refractivity contribution is 0.0609. The number of amides is 1. The summed E-state index contributed by atoms with van der Waals surface area (Å²) in [4.78, 5) is 18.4. The lowest BCUT2D eigenvalue weighted by Gasteiger charge is -2.37. The average Bonchev–Trinajstić information content (AvgIpc) is 2.32. The van der Waals surface area contributed by atoms with Gasteiger partial charge in [0.15, 0.2) is 0 Å². The fourth-order valence-electron chi connectivity index (χ4n) is 1.98. The number of nitrogens with zero attached hydrogens (tertiary/aromatic N) is 2. The summed E-state index contributed by atoms with van der Waals surface area (Å²) < 4.78 is 0.753. The van der Waals surface area contributed by atoms with Crippen molar-refractivity contribution in [3.8, 4) is 0 Å². The summed E-state index contributed by atoms with van der Waals surface area (Å²) in [5, 5.41) is 3.36. The molecule has 0 radical (unpaired) electrons.